The third-order valence-corrected chi connectivity index (χ3v) is 4.52. The molecule has 0 saturated carbocycles. The van der Waals surface area contributed by atoms with Crippen LogP contribution in [0.3, 0.4) is 0 Å². The molecule has 1 N–H and O–H groups in total. The van der Waals surface area contributed by atoms with E-state index in [2.05, 4.69) is 56.1 Å². The van der Waals surface area contributed by atoms with Gasteiger partial charge >= 0.3 is 0 Å². The maximum absolute atomic E-state index is 13.3. The van der Waals surface area contributed by atoms with Crippen molar-refractivity contribution in [2.45, 2.75) is 32.9 Å². The fourth-order valence-electron chi connectivity index (χ4n) is 2.34. The molecule has 1 atom stereocenters. The number of benzene rings is 1. The van der Waals surface area contributed by atoms with Crippen LogP contribution in [0.15, 0.2) is 33.3 Å². The van der Waals surface area contributed by atoms with E-state index in [1.807, 2.05) is 16.9 Å². The number of aryl methyl sites for hydroxylation is 1. The predicted molar refractivity (Wildman–Crippen MR) is 89.8 cm³/mol. The van der Waals surface area contributed by atoms with Gasteiger partial charge in [0.1, 0.15) is 5.82 Å². The van der Waals surface area contributed by atoms with E-state index in [1.54, 1.807) is 0 Å². The van der Waals surface area contributed by atoms with Gasteiger partial charge < -0.3 is 5.32 Å². The Balaban J connectivity index is 2.50. The maximum atomic E-state index is 13.3. The van der Waals surface area contributed by atoms with Gasteiger partial charge in [0, 0.05) is 11.0 Å². The first-order chi connectivity index (χ1) is 10.1. The van der Waals surface area contributed by atoms with Crippen LogP contribution >= 0.6 is 31.9 Å². The lowest BCUT2D eigenvalue weighted by atomic mass is 10.0. The fourth-order valence-corrected chi connectivity index (χ4v) is 3.45. The summed E-state index contributed by atoms with van der Waals surface area (Å²) in [5, 5.41) is 7.88. The summed E-state index contributed by atoms with van der Waals surface area (Å²) in [7, 11) is 0. The van der Waals surface area contributed by atoms with Crippen molar-refractivity contribution < 1.29 is 4.39 Å². The number of hydrogen-bond donors (Lipinski definition) is 1. The second kappa shape index (κ2) is 7.51. The average molecular weight is 419 g/mol. The van der Waals surface area contributed by atoms with Crippen molar-refractivity contribution in [3.8, 4) is 0 Å². The Labute approximate surface area is 141 Å². The van der Waals surface area contributed by atoms with Crippen molar-refractivity contribution in [2.75, 3.05) is 6.54 Å². The monoisotopic (exact) mass is 417 g/mol. The Kier molecular flexibility index (Phi) is 5.96. The van der Waals surface area contributed by atoms with Gasteiger partial charge in [0.25, 0.3) is 0 Å². The SMILES string of the molecule is CCCn1ncc(Br)c1C(NCC)c1ccc(F)cc1Br. The quantitative estimate of drug-likeness (QED) is 0.739. The summed E-state index contributed by atoms with van der Waals surface area (Å²) in [6, 6.07) is 4.74. The van der Waals surface area contributed by atoms with Gasteiger partial charge in [-0.2, -0.15) is 5.10 Å². The number of halogens is 3. The minimum Gasteiger partial charge on any atom is -0.305 e. The molecule has 1 unspecified atom stereocenters. The zero-order chi connectivity index (χ0) is 15.4. The Morgan fingerprint density at radius 3 is 2.67 bits per heavy atom. The van der Waals surface area contributed by atoms with E-state index >= 15 is 0 Å². The molecule has 0 bridgehead atoms. The Morgan fingerprint density at radius 2 is 2.05 bits per heavy atom. The molecule has 0 fully saturated rings. The Morgan fingerprint density at radius 1 is 1.29 bits per heavy atom. The molecule has 3 nitrogen and oxygen atoms in total. The van der Waals surface area contributed by atoms with Gasteiger partial charge in [0.2, 0.25) is 0 Å². The van der Waals surface area contributed by atoms with Crippen LogP contribution in [0, 0.1) is 5.82 Å². The smallest absolute Gasteiger partial charge is 0.124 e. The molecule has 2 rings (SSSR count). The first-order valence-electron chi connectivity index (χ1n) is 6.98. The van der Waals surface area contributed by atoms with Crippen LogP contribution in [0.2, 0.25) is 0 Å². The summed E-state index contributed by atoms with van der Waals surface area (Å²) in [6.07, 6.45) is 2.82. The maximum Gasteiger partial charge on any atom is 0.124 e. The van der Waals surface area contributed by atoms with Crippen molar-refractivity contribution in [1.29, 1.82) is 0 Å². The van der Waals surface area contributed by atoms with Crippen molar-refractivity contribution in [3.05, 3.63) is 50.4 Å². The molecule has 114 valence electrons. The van der Waals surface area contributed by atoms with Gasteiger partial charge in [-0.05, 0) is 46.6 Å². The zero-order valence-corrected chi connectivity index (χ0v) is 15.2. The molecule has 2 aromatic rings. The van der Waals surface area contributed by atoms with E-state index < -0.39 is 0 Å². The minimum atomic E-state index is -0.248. The van der Waals surface area contributed by atoms with Gasteiger partial charge in [-0.25, -0.2) is 4.39 Å². The topological polar surface area (TPSA) is 29.9 Å². The van der Waals surface area contributed by atoms with Crippen molar-refractivity contribution in [1.82, 2.24) is 15.1 Å². The summed E-state index contributed by atoms with van der Waals surface area (Å²) in [4.78, 5) is 0. The van der Waals surface area contributed by atoms with Crippen LogP contribution in [-0.2, 0) is 6.54 Å². The van der Waals surface area contributed by atoms with Gasteiger partial charge in [0.05, 0.1) is 22.4 Å². The molecule has 6 heteroatoms. The third kappa shape index (κ3) is 3.73. The van der Waals surface area contributed by atoms with E-state index in [-0.39, 0.29) is 11.9 Å². The molecular weight excluding hydrogens is 401 g/mol. The average Bonchev–Trinajstić information content (AvgIpc) is 2.79. The van der Waals surface area contributed by atoms with E-state index in [4.69, 9.17) is 0 Å². The lowest BCUT2D eigenvalue weighted by molar-refractivity contribution is 0.517. The van der Waals surface area contributed by atoms with Crippen molar-refractivity contribution in [3.63, 3.8) is 0 Å². The first-order valence-corrected chi connectivity index (χ1v) is 8.56. The van der Waals surface area contributed by atoms with Crippen LogP contribution in [0.1, 0.15) is 37.6 Å². The van der Waals surface area contributed by atoms with E-state index in [1.165, 1.54) is 12.1 Å². The lowest BCUT2D eigenvalue weighted by Gasteiger charge is -2.22. The Hall–Kier alpha value is -0.720. The molecule has 1 aromatic carbocycles. The molecule has 0 aliphatic carbocycles. The van der Waals surface area contributed by atoms with Crippen LogP contribution in [0.25, 0.3) is 0 Å². The number of nitrogens with one attached hydrogen (secondary N) is 1. The standard InChI is InChI=1S/C15H18Br2FN3/c1-3-7-21-15(13(17)9-20-21)14(19-4-2)11-6-5-10(18)8-12(11)16/h5-6,8-9,14,19H,3-4,7H2,1-2H3. The molecular formula is C15H18Br2FN3. The molecule has 0 spiro atoms. The van der Waals surface area contributed by atoms with E-state index in [9.17, 15) is 4.39 Å². The Bertz CT molecular complexity index is 613. The molecule has 0 saturated heterocycles. The van der Waals surface area contributed by atoms with Gasteiger partial charge in [-0.3, -0.25) is 4.68 Å². The molecule has 0 amide bonds. The normalized spacial score (nSPS) is 12.6. The highest BCUT2D eigenvalue weighted by Gasteiger charge is 2.23. The predicted octanol–water partition coefficient (Wildman–Crippen LogP) is 4.66. The molecule has 0 aliphatic rings. The summed E-state index contributed by atoms with van der Waals surface area (Å²) in [5.74, 6) is -0.248. The highest BCUT2D eigenvalue weighted by Crippen LogP contribution is 2.33. The van der Waals surface area contributed by atoms with Crippen molar-refractivity contribution in [2.24, 2.45) is 0 Å². The number of nitrogens with zero attached hydrogens (tertiary/aromatic N) is 2. The number of hydrogen-bond acceptors (Lipinski definition) is 2. The zero-order valence-electron chi connectivity index (χ0n) is 12.0. The van der Waals surface area contributed by atoms with Crippen molar-refractivity contribution >= 4 is 31.9 Å². The van der Waals surface area contributed by atoms with Crippen LogP contribution < -0.4 is 5.32 Å². The third-order valence-electron chi connectivity index (χ3n) is 3.22. The summed E-state index contributed by atoms with van der Waals surface area (Å²) >= 11 is 7.05. The van der Waals surface area contributed by atoms with E-state index in [0.717, 1.165) is 39.7 Å². The van der Waals surface area contributed by atoms with Crippen LogP contribution in [0.4, 0.5) is 4.39 Å². The lowest BCUT2D eigenvalue weighted by Crippen LogP contribution is -2.25. The second-order valence-electron chi connectivity index (χ2n) is 4.76. The van der Waals surface area contributed by atoms with Gasteiger partial charge in [-0.1, -0.05) is 35.8 Å². The number of rotatable bonds is 6. The van der Waals surface area contributed by atoms with Crippen LogP contribution in [-0.4, -0.2) is 16.3 Å². The molecule has 21 heavy (non-hydrogen) atoms. The highest BCUT2D eigenvalue weighted by molar-refractivity contribution is 9.10. The highest BCUT2D eigenvalue weighted by atomic mass is 79.9. The minimum absolute atomic E-state index is 0.0478. The van der Waals surface area contributed by atoms with E-state index in [0.29, 0.717) is 0 Å². The summed E-state index contributed by atoms with van der Waals surface area (Å²) in [6.45, 7) is 5.83. The molecule has 1 aromatic heterocycles. The van der Waals surface area contributed by atoms with Gasteiger partial charge in [-0.15, -0.1) is 0 Å². The summed E-state index contributed by atoms with van der Waals surface area (Å²) in [5.41, 5.74) is 2.06. The number of aromatic nitrogens is 2. The fraction of sp³-hybridized carbons (Fsp3) is 0.400. The second-order valence-corrected chi connectivity index (χ2v) is 6.47. The molecule has 0 radical (unpaired) electrons. The van der Waals surface area contributed by atoms with Crippen LogP contribution in [0.5, 0.6) is 0 Å². The first kappa shape index (κ1) is 16.6. The molecule has 1 heterocycles. The summed E-state index contributed by atoms with van der Waals surface area (Å²) < 4.78 is 17.0. The largest absolute Gasteiger partial charge is 0.305 e. The molecule has 0 aliphatic heterocycles. The van der Waals surface area contributed by atoms with Gasteiger partial charge in [0.15, 0.2) is 0 Å².